The second-order valence-electron chi connectivity index (χ2n) is 7.04. The summed E-state index contributed by atoms with van der Waals surface area (Å²) >= 11 is 0. The van der Waals surface area contributed by atoms with Gasteiger partial charge in [-0.3, -0.25) is 9.69 Å². The van der Waals surface area contributed by atoms with Crippen molar-refractivity contribution in [1.82, 2.24) is 10.2 Å². The van der Waals surface area contributed by atoms with Gasteiger partial charge in [0.25, 0.3) is 0 Å². The highest BCUT2D eigenvalue weighted by atomic mass is 16.5. The first kappa shape index (κ1) is 17.4. The molecule has 0 radical (unpaired) electrons. The minimum Gasteiger partial charge on any atom is -0.375 e. The van der Waals surface area contributed by atoms with Crippen molar-refractivity contribution in [2.24, 2.45) is 5.92 Å². The molecular formula is C19H28N2O3. The summed E-state index contributed by atoms with van der Waals surface area (Å²) in [6.45, 7) is 6.84. The van der Waals surface area contributed by atoms with Crippen LogP contribution in [0.25, 0.3) is 0 Å². The molecular weight excluding hydrogens is 304 g/mol. The van der Waals surface area contributed by atoms with E-state index in [-0.39, 0.29) is 18.1 Å². The van der Waals surface area contributed by atoms with Crippen LogP contribution in [0.4, 0.5) is 0 Å². The predicted octanol–water partition coefficient (Wildman–Crippen LogP) is 1.74. The molecule has 1 amide bonds. The lowest BCUT2D eigenvalue weighted by Gasteiger charge is -2.50. The minimum atomic E-state index is -0.0414. The lowest BCUT2D eigenvalue weighted by Crippen LogP contribution is -2.64. The third kappa shape index (κ3) is 3.79. The van der Waals surface area contributed by atoms with Gasteiger partial charge in [-0.1, -0.05) is 24.3 Å². The number of hydrogen-bond donors (Lipinski definition) is 1. The molecule has 1 spiro atoms. The fourth-order valence-electron chi connectivity index (χ4n) is 3.96. The Bertz CT molecular complexity index is 569. The summed E-state index contributed by atoms with van der Waals surface area (Å²) in [6, 6.07) is 8.57. The van der Waals surface area contributed by atoms with Crippen LogP contribution in [0.1, 0.15) is 24.0 Å². The largest absolute Gasteiger partial charge is 0.375 e. The number of aryl methyl sites for hydroxylation is 1. The summed E-state index contributed by atoms with van der Waals surface area (Å²) in [6.07, 6.45) is 2.08. The zero-order valence-corrected chi connectivity index (χ0v) is 14.7. The van der Waals surface area contributed by atoms with Crippen LogP contribution in [0, 0.1) is 12.8 Å². The Morgan fingerprint density at radius 3 is 2.96 bits per heavy atom. The average Bonchev–Trinajstić information content (AvgIpc) is 2.93. The molecule has 132 valence electrons. The van der Waals surface area contributed by atoms with Crippen molar-refractivity contribution in [1.29, 1.82) is 0 Å². The minimum absolute atomic E-state index is 0.00860. The maximum Gasteiger partial charge on any atom is 0.245 e. The van der Waals surface area contributed by atoms with Crippen LogP contribution in [0.2, 0.25) is 0 Å². The Hall–Kier alpha value is -1.43. The van der Waals surface area contributed by atoms with Crippen molar-refractivity contribution in [3.05, 3.63) is 35.4 Å². The lowest BCUT2D eigenvalue weighted by molar-refractivity contribution is -0.137. The van der Waals surface area contributed by atoms with Gasteiger partial charge < -0.3 is 14.8 Å². The zero-order valence-electron chi connectivity index (χ0n) is 14.7. The Morgan fingerprint density at radius 1 is 1.42 bits per heavy atom. The van der Waals surface area contributed by atoms with Crippen molar-refractivity contribution in [2.75, 3.05) is 40.0 Å². The number of amides is 1. The third-order valence-corrected chi connectivity index (χ3v) is 5.33. The molecule has 1 atom stereocenters. The van der Waals surface area contributed by atoms with Gasteiger partial charge in [-0.2, -0.15) is 0 Å². The molecule has 24 heavy (non-hydrogen) atoms. The Balaban J connectivity index is 1.46. The molecule has 5 nitrogen and oxygen atoms in total. The number of rotatable bonds is 7. The molecule has 1 N–H and O–H groups in total. The van der Waals surface area contributed by atoms with Crippen molar-refractivity contribution in [3.8, 4) is 0 Å². The van der Waals surface area contributed by atoms with Gasteiger partial charge in [0, 0.05) is 39.9 Å². The van der Waals surface area contributed by atoms with E-state index < -0.39 is 0 Å². The number of carbonyl (C=O) groups is 1. The van der Waals surface area contributed by atoms with Crippen molar-refractivity contribution < 1.29 is 14.3 Å². The second kappa shape index (κ2) is 7.64. The predicted molar refractivity (Wildman–Crippen MR) is 92.7 cm³/mol. The van der Waals surface area contributed by atoms with Crippen LogP contribution < -0.4 is 5.32 Å². The van der Waals surface area contributed by atoms with E-state index in [0.717, 1.165) is 39.1 Å². The fourth-order valence-corrected chi connectivity index (χ4v) is 3.96. The van der Waals surface area contributed by atoms with Crippen molar-refractivity contribution in [2.45, 2.75) is 31.9 Å². The van der Waals surface area contributed by atoms with Gasteiger partial charge in [-0.05, 0) is 36.8 Å². The van der Waals surface area contributed by atoms with Gasteiger partial charge in [0.1, 0.15) is 6.61 Å². The summed E-state index contributed by atoms with van der Waals surface area (Å²) in [4.78, 5) is 13.9. The van der Waals surface area contributed by atoms with Crippen LogP contribution >= 0.6 is 0 Å². The highest BCUT2D eigenvalue weighted by molar-refractivity contribution is 5.77. The van der Waals surface area contributed by atoms with Gasteiger partial charge in [0.15, 0.2) is 0 Å². The van der Waals surface area contributed by atoms with Gasteiger partial charge in [-0.25, -0.2) is 0 Å². The van der Waals surface area contributed by atoms with E-state index in [2.05, 4.69) is 41.4 Å². The summed E-state index contributed by atoms with van der Waals surface area (Å²) in [5.74, 6) is 0.494. The molecule has 2 aliphatic heterocycles. The second-order valence-corrected chi connectivity index (χ2v) is 7.04. The highest BCUT2D eigenvalue weighted by Gasteiger charge is 2.52. The van der Waals surface area contributed by atoms with Gasteiger partial charge in [-0.15, -0.1) is 0 Å². The molecule has 2 saturated heterocycles. The van der Waals surface area contributed by atoms with E-state index in [1.165, 1.54) is 18.2 Å². The molecule has 0 aromatic heterocycles. The Kier molecular flexibility index (Phi) is 5.54. The molecule has 5 heteroatoms. The highest BCUT2D eigenvalue weighted by Crippen LogP contribution is 2.42. The average molecular weight is 332 g/mol. The third-order valence-electron chi connectivity index (χ3n) is 5.33. The van der Waals surface area contributed by atoms with Crippen molar-refractivity contribution >= 4 is 5.91 Å². The Morgan fingerprint density at radius 2 is 2.21 bits per heavy atom. The SMILES string of the molecule is COCC(=O)NCC[C@@H]1CCOC12CN(Cc1ccccc1C)C2. The number of ether oxygens (including phenoxy) is 2. The fraction of sp³-hybridized carbons (Fsp3) is 0.632. The summed E-state index contributed by atoms with van der Waals surface area (Å²) in [5.41, 5.74) is 2.76. The molecule has 0 saturated carbocycles. The van der Waals surface area contributed by atoms with Crippen LogP contribution in [-0.4, -0.2) is 56.4 Å². The molecule has 3 rings (SSSR count). The molecule has 2 fully saturated rings. The molecule has 0 aliphatic carbocycles. The monoisotopic (exact) mass is 332 g/mol. The number of likely N-dealkylation sites (tertiary alicyclic amines) is 1. The van der Waals surface area contributed by atoms with E-state index in [9.17, 15) is 4.79 Å². The smallest absolute Gasteiger partial charge is 0.245 e. The molecule has 0 unspecified atom stereocenters. The number of carbonyl (C=O) groups excluding carboxylic acids is 1. The number of methoxy groups -OCH3 is 1. The maximum absolute atomic E-state index is 11.5. The van der Waals surface area contributed by atoms with Gasteiger partial charge in [0.2, 0.25) is 5.91 Å². The van der Waals surface area contributed by atoms with Gasteiger partial charge in [0.05, 0.1) is 5.60 Å². The molecule has 1 aromatic rings. The number of benzene rings is 1. The molecule has 2 heterocycles. The number of hydrogen-bond acceptors (Lipinski definition) is 4. The van der Waals surface area contributed by atoms with Crippen molar-refractivity contribution in [3.63, 3.8) is 0 Å². The van der Waals surface area contributed by atoms with E-state index in [1.54, 1.807) is 0 Å². The van der Waals surface area contributed by atoms with Crippen LogP contribution in [-0.2, 0) is 20.8 Å². The van der Waals surface area contributed by atoms with Crippen LogP contribution in [0.3, 0.4) is 0 Å². The quantitative estimate of drug-likeness (QED) is 0.826. The molecule has 0 bridgehead atoms. The summed E-state index contributed by atoms with van der Waals surface area (Å²) < 4.78 is 10.9. The zero-order chi connectivity index (χ0) is 17.0. The molecule has 2 aliphatic rings. The van der Waals surface area contributed by atoms with E-state index in [1.807, 2.05) is 0 Å². The first-order valence-corrected chi connectivity index (χ1v) is 8.79. The van der Waals surface area contributed by atoms with Gasteiger partial charge >= 0.3 is 0 Å². The lowest BCUT2D eigenvalue weighted by atomic mass is 9.78. The number of nitrogens with zero attached hydrogens (tertiary/aromatic N) is 1. The van der Waals surface area contributed by atoms with E-state index in [0.29, 0.717) is 12.5 Å². The number of nitrogens with one attached hydrogen (secondary N) is 1. The summed E-state index contributed by atoms with van der Waals surface area (Å²) in [5, 5.41) is 2.92. The first-order chi connectivity index (χ1) is 11.6. The molecule has 1 aromatic carbocycles. The first-order valence-electron chi connectivity index (χ1n) is 8.79. The Labute approximate surface area is 144 Å². The van der Waals surface area contributed by atoms with Crippen LogP contribution in [0.15, 0.2) is 24.3 Å². The topological polar surface area (TPSA) is 50.8 Å². The maximum atomic E-state index is 11.5. The van der Waals surface area contributed by atoms with E-state index in [4.69, 9.17) is 9.47 Å². The normalized spacial score (nSPS) is 22.5. The van der Waals surface area contributed by atoms with Crippen LogP contribution in [0.5, 0.6) is 0 Å². The summed E-state index contributed by atoms with van der Waals surface area (Å²) in [7, 11) is 1.54. The standard InChI is InChI=1S/C19H28N2O3/c1-15-5-3-4-6-16(15)11-21-13-19(14-21)17(8-10-24-19)7-9-20-18(22)12-23-2/h3-6,17H,7-14H2,1-2H3,(H,20,22)/t17-/m1/s1. The van der Waals surface area contributed by atoms with E-state index >= 15 is 0 Å².